The number of benzene rings is 1. The second-order valence-electron chi connectivity index (χ2n) is 2.66. The summed E-state index contributed by atoms with van der Waals surface area (Å²) in [4.78, 5) is 2.95. The van der Waals surface area contributed by atoms with Gasteiger partial charge in [0.05, 0.1) is 5.52 Å². The lowest BCUT2D eigenvalue weighted by Gasteiger charge is -1.89. The lowest BCUT2D eigenvalue weighted by Crippen LogP contribution is -1.75. The van der Waals surface area contributed by atoms with Gasteiger partial charge in [-0.05, 0) is 19.1 Å². The zero-order chi connectivity index (χ0) is 9.84. The van der Waals surface area contributed by atoms with Crippen molar-refractivity contribution in [2.75, 3.05) is 0 Å². The van der Waals surface area contributed by atoms with Gasteiger partial charge in [0.2, 0.25) is 0 Å². The molecule has 2 heteroatoms. The van der Waals surface area contributed by atoms with Gasteiger partial charge in [0.15, 0.2) is 0 Å². The third-order valence-electron chi connectivity index (χ3n) is 1.74. The van der Waals surface area contributed by atoms with E-state index in [0.29, 0.717) is 5.52 Å². The number of halogens is 1. The van der Waals surface area contributed by atoms with Gasteiger partial charge in [0.25, 0.3) is 0 Å². The fourth-order valence-corrected chi connectivity index (χ4v) is 1.26. The lowest BCUT2D eigenvalue weighted by molar-refractivity contribution is 0.637. The van der Waals surface area contributed by atoms with Crippen LogP contribution in [0.5, 0.6) is 0 Å². The minimum absolute atomic E-state index is 0. The highest BCUT2D eigenvalue weighted by atomic mass is 19.1. The fraction of sp³-hybridized carbons (Fsp3) is 0.273. The molecular formula is C11H16FN. The molecule has 72 valence electrons. The third kappa shape index (κ3) is 1.89. The summed E-state index contributed by atoms with van der Waals surface area (Å²) in [6.07, 6.45) is 0. The van der Waals surface area contributed by atoms with Crippen LogP contribution < -0.4 is 0 Å². The van der Waals surface area contributed by atoms with Crippen molar-refractivity contribution >= 4 is 10.9 Å². The maximum atomic E-state index is 13.0. The predicted molar refractivity (Wildman–Crippen MR) is 56.5 cm³/mol. The Bertz CT molecular complexity index is 395. The normalized spacial score (nSPS) is 9.54. The van der Waals surface area contributed by atoms with Crippen LogP contribution in [0.25, 0.3) is 10.9 Å². The average Bonchev–Trinajstić information content (AvgIpc) is 2.51. The van der Waals surface area contributed by atoms with Gasteiger partial charge in [-0.3, -0.25) is 0 Å². The quantitative estimate of drug-likeness (QED) is 0.634. The van der Waals surface area contributed by atoms with Crippen molar-refractivity contribution in [1.29, 1.82) is 0 Å². The molecule has 0 aliphatic rings. The average molecular weight is 181 g/mol. The van der Waals surface area contributed by atoms with Gasteiger partial charge in [-0.1, -0.05) is 26.0 Å². The first-order chi connectivity index (χ1) is 6.27. The Kier molecular flexibility index (Phi) is 3.07. The molecule has 0 fully saturated rings. The Hall–Kier alpha value is -1.31. The van der Waals surface area contributed by atoms with Crippen molar-refractivity contribution in [2.45, 2.75) is 20.8 Å². The molecule has 0 spiro atoms. The van der Waals surface area contributed by atoms with E-state index in [0.717, 1.165) is 11.1 Å². The molecule has 0 saturated carbocycles. The van der Waals surface area contributed by atoms with E-state index in [1.807, 2.05) is 32.9 Å². The van der Waals surface area contributed by atoms with Crippen molar-refractivity contribution in [3.8, 4) is 0 Å². The minimum Gasteiger partial charge on any atom is -0.356 e. The summed E-state index contributed by atoms with van der Waals surface area (Å²) in [5.41, 5.74) is 1.59. The van der Waals surface area contributed by atoms with Crippen LogP contribution in [0, 0.1) is 12.7 Å². The Morgan fingerprint density at radius 2 is 2.00 bits per heavy atom. The first kappa shape index (κ1) is 9.78. The molecule has 1 aromatic heterocycles. The number of aromatic nitrogens is 1. The summed E-state index contributed by atoms with van der Waals surface area (Å²) in [6, 6.07) is 6.99. The highest BCUT2D eigenvalue weighted by Gasteiger charge is 2.00. The summed E-state index contributed by atoms with van der Waals surface area (Å²) in [5.74, 6) is -0.185. The van der Waals surface area contributed by atoms with Gasteiger partial charge >= 0.3 is 0 Å². The third-order valence-corrected chi connectivity index (χ3v) is 1.74. The van der Waals surface area contributed by atoms with Crippen molar-refractivity contribution in [1.82, 2.24) is 4.98 Å². The maximum absolute atomic E-state index is 13.0. The monoisotopic (exact) mass is 181 g/mol. The van der Waals surface area contributed by atoms with E-state index in [1.54, 1.807) is 6.07 Å². The first-order valence-corrected chi connectivity index (χ1v) is 4.51. The summed E-state index contributed by atoms with van der Waals surface area (Å²) in [7, 11) is 0. The number of hydrogen-bond acceptors (Lipinski definition) is 0. The summed E-state index contributed by atoms with van der Waals surface area (Å²) >= 11 is 0. The van der Waals surface area contributed by atoms with Crippen LogP contribution in [-0.2, 0) is 0 Å². The number of aryl methyl sites for hydroxylation is 1. The number of nitrogens with one attached hydrogen (secondary N) is 1. The predicted octanol–water partition coefficient (Wildman–Crippen LogP) is 3.89. The van der Waals surface area contributed by atoms with Gasteiger partial charge in [0.1, 0.15) is 5.82 Å². The molecule has 0 saturated heterocycles. The molecule has 2 aromatic rings. The molecule has 0 aliphatic heterocycles. The molecule has 0 atom stereocenters. The fourth-order valence-electron chi connectivity index (χ4n) is 1.26. The highest BCUT2D eigenvalue weighted by Crippen LogP contribution is 2.17. The van der Waals surface area contributed by atoms with Crippen LogP contribution in [0.1, 0.15) is 21.0 Å². The van der Waals surface area contributed by atoms with E-state index < -0.39 is 0 Å². The van der Waals surface area contributed by atoms with E-state index in [9.17, 15) is 4.39 Å². The van der Waals surface area contributed by atoms with E-state index in [1.165, 1.54) is 6.07 Å². The zero-order valence-electron chi connectivity index (χ0n) is 8.19. The van der Waals surface area contributed by atoms with Gasteiger partial charge < -0.3 is 4.98 Å². The van der Waals surface area contributed by atoms with Crippen LogP contribution >= 0.6 is 0 Å². The molecule has 2 rings (SSSR count). The van der Waals surface area contributed by atoms with Gasteiger partial charge in [-0.2, -0.15) is 0 Å². The molecule has 13 heavy (non-hydrogen) atoms. The van der Waals surface area contributed by atoms with Crippen LogP contribution in [0.4, 0.5) is 4.39 Å². The topological polar surface area (TPSA) is 15.8 Å². The van der Waals surface area contributed by atoms with E-state index in [2.05, 4.69) is 4.98 Å². The molecule has 0 unspecified atom stereocenters. The van der Waals surface area contributed by atoms with Crippen LogP contribution in [-0.4, -0.2) is 4.98 Å². The van der Waals surface area contributed by atoms with E-state index >= 15 is 0 Å². The molecular weight excluding hydrogens is 165 g/mol. The molecule has 1 aromatic carbocycles. The lowest BCUT2D eigenvalue weighted by atomic mass is 10.2. The maximum Gasteiger partial charge on any atom is 0.147 e. The number of para-hydroxylation sites is 1. The minimum atomic E-state index is -0.185. The van der Waals surface area contributed by atoms with E-state index in [-0.39, 0.29) is 7.24 Å². The van der Waals surface area contributed by atoms with Crippen LogP contribution in [0.3, 0.4) is 0 Å². The Morgan fingerprint density at radius 3 is 2.62 bits per heavy atom. The van der Waals surface area contributed by atoms with Gasteiger partial charge in [0, 0.05) is 12.5 Å². The molecule has 0 aliphatic carbocycles. The van der Waals surface area contributed by atoms with Crippen molar-refractivity contribution in [3.05, 3.63) is 35.8 Å². The standard InChI is InChI=1S/C9H8FN.C2H6.H2/c1-6-5-7-3-2-4-8(10)9(7)11-6;1-2;/h2-5,11H,1H3;1-2H3;1H. The number of aromatic amines is 1. The summed E-state index contributed by atoms with van der Waals surface area (Å²) in [5, 5.41) is 0.933. The second-order valence-corrected chi connectivity index (χ2v) is 2.66. The first-order valence-electron chi connectivity index (χ1n) is 4.51. The number of rotatable bonds is 0. The molecule has 0 amide bonds. The Balaban J connectivity index is 0.000000531. The number of hydrogen-bond donors (Lipinski definition) is 1. The summed E-state index contributed by atoms with van der Waals surface area (Å²) in [6.45, 7) is 5.92. The zero-order valence-corrected chi connectivity index (χ0v) is 8.19. The summed E-state index contributed by atoms with van der Waals surface area (Å²) < 4.78 is 13.0. The Labute approximate surface area is 79.1 Å². The number of fused-ring (bicyclic) bond motifs is 1. The smallest absolute Gasteiger partial charge is 0.147 e. The van der Waals surface area contributed by atoms with Crippen LogP contribution in [0.2, 0.25) is 0 Å². The van der Waals surface area contributed by atoms with Crippen molar-refractivity contribution < 1.29 is 5.82 Å². The molecule has 1 heterocycles. The van der Waals surface area contributed by atoms with Crippen LogP contribution in [0.15, 0.2) is 24.3 Å². The molecule has 0 bridgehead atoms. The van der Waals surface area contributed by atoms with E-state index in [4.69, 9.17) is 0 Å². The molecule has 0 radical (unpaired) electrons. The van der Waals surface area contributed by atoms with Crippen molar-refractivity contribution in [2.24, 2.45) is 0 Å². The molecule has 1 N–H and O–H groups in total. The largest absolute Gasteiger partial charge is 0.356 e. The second kappa shape index (κ2) is 4.08. The highest BCUT2D eigenvalue weighted by molar-refractivity contribution is 5.80. The van der Waals surface area contributed by atoms with Gasteiger partial charge in [-0.25, -0.2) is 4.39 Å². The molecule has 1 nitrogen and oxygen atoms in total. The SMILES string of the molecule is CC.Cc1cc2cccc(F)c2[nH]1.[HH]. The van der Waals surface area contributed by atoms with Gasteiger partial charge in [-0.15, -0.1) is 0 Å². The Morgan fingerprint density at radius 1 is 1.31 bits per heavy atom. The van der Waals surface area contributed by atoms with Crippen molar-refractivity contribution in [3.63, 3.8) is 0 Å². The number of H-pyrrole nitrogens is 1.